The summed E-state index contributed by atoms with van der Waals surface area (Å²) in [5.74, 6) is 0.320. The summed E-state index contributed by atoms with van der Waals surface area (Å²) in [5, 5.41) is 1.61. The number of ether oxygens (including phenoxy) is 1. The van der Waals surface area contributed by atoms with Crippen molar-refractivity contribution in [2.75, 3.05) is 26.0 Å². The zero-order chi connectivity index (χ0) is 19.4. The second-order valence-electron chi connectivity index (χ2n) is 6.59. The number of amides is 1. The van der Waals surface area contributed by atoms with E-state index < -0.39 is 0 Å². The first-order valence-electron chi connectivity index (χ1n) is 9.17. The Morgan fingerprint density at radius 1 is 1.44 bits per heavy atom. The van der Waals surface area contributed by atoms with E-state index in [2.05, 4.69) is 4.98 Å². The van der Waals surface area contributed by atoms with E-state index in [1.165, 1.54) is 11.8 Å². The van der Waals surface area contributed by atoms with Crippen LogP contribution in [0.2, 0.25) is 5.02 Å². The van der Waals surface area contributed by atoms with E-state index in [1.54, 1.807) is 27.7 Å². The van der Waals surface area contributed by atoms with Crippen LogP contribution < -0.4 is 5.56 Å². The zero-order valence-corrected chi connectivity index (χ0v) is 17.2. The number of nitrogens with zero attached hydrogens (tertiary/aromatic N) is 3. The van der Waals surface area contributed by atoms with Crippen LogP contribution in [0.15, 0.2) is 28.2 Å². The average Bonchev–Trinajstić information content (AvgIpc) is 3.49. The van der Waals surface area contributed by atoms with Crippen LogP contribution in [0.5, 0.6) is 0 Å². The van der Waals surface area contributed by atoms with Gasteiger partial charge < -0.3 is 9.64 Å². The summed E-state index contributed by atoms with van der Waals surface area (Å²) in [5.41, 5.74) is 0.442. The highest BCUT2D eigenvalue weighted by atomic mass is 35.5. The molecule has 146 valence electrons. The van der Waals surface area contributed by atoms with Crippen LogP contribution in [0.4, 0.5) is 0 Å². The molecule has 27 heavy (non-hydrogen) atoms. The Morgan fingerprint density at radius 2 is 2.22 bits per heavy atom. The van der Waals surface area contributed by atoms with Crippen LogP contribution in [0, 0.1) is 0 Å². The molecule has 0 radical (unpaired) electrons. The lowest BCUT2D eigenvalue weighted by Crippen LogP contribution is -2.31. The van der Waals surface area contributed by atoms with Gasteiger partial charge in [-0.15, -0.1) is 0 Å². The first-order valence-corrected chi connectivity index (χ1v) is 10.5. The lowest BCUT2D eigenvalue weighted by molar-refractivity contribution is -0.127. The molecule has 1 aromatic carbocycles. The SMILES string of the molecule is CCOCCCn1c(SCC(=O)N(C)C2CC2)nc2cc(Cl)ccc2c1=O. The molecule has 1 aliphatic carbocycles. The van der Waals surface area contributed by atoms with Crippen molar-refractivity contribution < 1.29 is 9.53 Å². The predicted molar refractivity (Wildman–Crippen MR) is 109 cm³/mol. The molecule has 0 aliphatic heterocycles. The van der Waals surface area contributed by atoms with Gasteiger partial charge in [-0.25, -0.2) is 4.98 Å². The number of rotatable bonds is 9. The molecule has 8 heteroatoms. The zero-order valence-electron chi connectivity index (χ0n) is 15.6. The van der Waals surface area contributed by atoms with Crippen LogP contribution in [-0.2, 0) is 16.1 Å². The normalized spacial score (nSPS) is 13.9. The highest BCUT2D eigenvalue weighted by Crippen LogP contribution is 2.27. The molecular formula is C19H24ClN3O3S. The molecule has 6 nitrogen and oxygen atoms in total. The van der Waals surface area contributed by atoms with Crippen LogP contribution >= 0.6 is 23.4 Å². The van der Waals surface area contributed by atoms with Crippen molar-refractivity contribution in [3.8, 4) is 0 Å². The van der Waals surface area contributed by atoms with Gasteiger partial charge in [0, 0.05) is 37.9 Å². The van der Waals surface area contributed by atoms with Crippen molar-refractivity contribution in [2.45, 2.75) is 43.9 Å². The maximum Gasteiger partial charge on any atom is 0.262 e. The quantitative estimate of drug-likeness (QED) is 0.361. The Kier molecular flexibility index (Phi) is 6.78. The Hall–Kier alpha value is -1.57. The highest BCUT2D eigenvalue weighted by molar-refractivity contribution is 7.99. The van der Waals surface area contributed by atoms with Gasteiger partial charge in [0.2, 0.25) is 5.91 Å². The Bertz CT molecular complexity index is 882. The van der Waals surface area contributed by atoms with Gasteiger partial charge in [-0.3, -0.25) is 14.2 Å². The van der Waals surface area contributed by atoms with Gasteiger partial charge in [-0.1, -0.05) is 23.4 Å². The summed E-state index contributed by atoms with van der Waals surface area (Å²) in [6.07, 6.45) is 2.85. The number of hydrogen-bond acceptors (Lipinski definition) is 5. The van der Waals surface area contributed by atoms with E-state index in [9.17, 15) is 9.59 Å². The molecule has 1 fully saturated rings. The number of fused-ring (bicyclic) bond motifs is 1. The molecule has 0 saturated heterocycles. The molecule has 1 amide bonds. The Balaban J connectivity index is 1.84. The number of hydrogen-bond donors (Lipinski definition) is 0. The summed E-state index contributed by atoms with van der Waals surface area (Å²) in [6, 6.07) is 5.45. The molecule has 0 spiro atoms. The smallest absolute Gasteiger partial charge is 0.262 e. The Morgan fingerprint density at radius 3 is 2.93 bits per heavy atom. The van der Waals surface area contributed by atoms with E-state index in [0.29, 0.717) is 53.3 Å². The van der Waals surface area contributed by atoms with E-state index in [4.69, 9.17) is 16.3 Å². The monoisotopic (exact) mass is 409 g/mol. The minimum absolute atomic E-state index is 0.0591. The highest BCUT2D eigenvalue weighted by Gasteiger charge is 2.29. The second-order valence-corrected chi connectivity index (χ2v) is 7.97. The van der Waals surface area contributed by atoms with E-state index >= 15 is 0 Å². The molecule has 1 saturated carbocycles. The van der Waals surface area contributed by atoms with Gasteiger partial charge in [-0.05, 0) is 44.4 Å². The minimum Gasteiger partial charge on any atom is -0.382 e. The van der Waals surface area contributed by atoms with Gasteiger partial charge in [0.1, 0.15) is 0 Å². The molecule has 0 atom stereocenters. The molecular weight excluding hydrogens is 386 g/mol. The molecule has 0 unspecified atom stereocenters. The predicted octanol–water partition coefficient (Wildman–Crippen LogP) is 3.19. The number of aromatic nitrogens is 2. The number of halogens is 1. The van der Waals surface area contributed by atoms with E-state index in [-0.39, 0.29) is 17.2 Å². The van der Waals surface area contributed by atoms with E-state index in [0.717, 1.165) is 12.8 Å². The fourth-order valence-electron chi connectivity index (χ4n) is 2.84. The third kappa shape index (κ3) is 5.03. The molecule has 0 bridgehead atoms. The van der Waals surface area contributed by atoms with Crippen LogP contribution in [-0.4, -0.2) is 52.4 Å². The number of carbonyl (C=O) groups excluding carboxylic acids is 1. The summed E-state index contributed by atoms with van der Waals surface area (Å²) in [4.78, 5) is 31.7. The molecule has 1 heterocycles. The first kappa shape index (κ1) is 20.2. The third-order valence-corrected chi connectivity index (χ3v) is 5.77. The molecule has 0 N–H and O–H groups in total. The summed E-state index contributed by atoms with van der Waals surface area (Å²) < 4.78 is 7.02. The largest absolute Gasteiger partial charge is 0.382 e. The lowest BCUT2D eigenvalue weighted by atomic mass is 10.2. The summed E-state index contributed by atoms with van der Waals surface area (Å²) >= 11 is 7.36. The summed E-state index contributed by atoms with van der Waals surface area (Å²) in [6.45, 7) is 3.66. The first-order chi connectivity index (χ1) is 13.0. The number of benzene rings is 1. The molecule has 1 aliphatic rings. The van der Waals surface area contributed by atoms with Crippen LogP contribution in [0.1, 0.15) is 26.2 Å². The standard InChI is InChI=1S/C19H24ClN3O3S/c1-3-26-10-4-9-23-18(25)15-8-5-13(20)11-16(15)21-19(23)27-12-17(24)22(2)14-6-7-14/h5,8,11,14H,3-4,6-7,9-10,12H2,1-2H3. The average molecular weight is 410 g/mol. The van der Waals surface area contributed by atoms with Gasteiger partial charge >= 0.3 is 0 Å². The van der Waals surface area contributed by atoms with Crippen molar-refractivity contribution >= 4 is 40.2 Å². The molecule has 2 aromatic rings. The topological polar surface area (TPSA) is 64.4 Å². The molecule has 1 aromatic heterocycles. The van der Waals surface area contributed by atoms with Gasteiger partial charge in [-0.2, -0.15) is 0 Å². The second kappa shape index (κ2) is 9.08. The molecule has 3 rings (SSSR count). The van der Waals surface area contributed by atoms with Crippen LogP contribution in [0.25, 0.3) is 10.9 Å². The fourth-order valence-corrected chi connectivity index (χ4v) is 3.96. The van der Waals surface area contributed by atoms with Crippen molar-refractivity contribution in [3.63, 3.8) is 0 Å². The lowest BCUT2D eigenvalue weighted by Gasteiger charge is -2.17. The third-order valence-electron chi connectivity index (χ3n) is 4.57. The van der Waals surface area contributed by atoms with Gasteiger partial charge in [0.05, 0.1) is 16.7 Å². The fraction of sp³-hybridized carbons (Fsp3) is 0.526. The van der Waals surface area contributed by atoms with Crippen molar-refractivity contribution in [3.05, 3.63) is 33.6 Å². The summed E-state index contributed by atoms with van der Waals surface area (Å²) in [7, 11) is 1.84. The van der Waals surface area contributed by atoms with E-state index in [1.807, 2.05) is 14.0 Å². The maximum absolute atomic E-state index is 13.0. The number of carbonyl (C=O) groups is 1. The number of thioether (sulfide) groups is 1. The van der Waals surface area contributed by atoms with Crippen molar-refractivity contribution in [1.29, 1.82) is 0 Å². The van der Waals surface area contributed by atoms with Crippen molar-refractivity contribution in [2.24, 2.45) is 0 Å². The van der Waals surface area contributed by atoms with Gasteiger partial charge in [0.25, 0.3) is 5.56 Å². The van der Waals surface area contributed by atoms with Gasteiger partial charge in [0.15, 0.2) is 5.16 Å². The van der Waals surface area contributed by atoms with Crippen molar-refractivity contribution in [1.82, 2.24) is 14.5 Å². The Labute approximate surface area is 167 Å². The maximum atomic E-state index is 13.0. The minimum atomic E-state index is -0.112. The van der Waals surface area contributed by atoms with Crippen LogP contribution in [0.3, 0.4) is 0 Å².